The fourth-order valence-corrected chi connectivity index (χ4v) is 1.31. The molecule has 0 spiro atoms. The molecule has 1 heterocycles. The highest BCUT2D eigenvalue weighted by molar-refractivity contribution is 9.10. The van der Waals surface area contributed by atoms with Crippen molar-refractivity contribution in [3.05, 3.63) is 16.9 Å². The van der Waals surface area contributed by atoms with Crippen LogP contribution in [0, 0.1) is 0 Å². The lowest BCUT2D eigenvalue weighted by Gasteiger charge is -2.10. The van der Waals surface area contributed by atoms with Crippen molar-refractivity contribution in [3.63, 3.8) is 0 Å². The van der Waals surface area contributed by atoms with Gasteiger partial charge in [0.1, 0.15) is 6.04 Å². The Balaban J connectivity index is 2.87. The highest BCUT2D eigenvalue weighted by Gasteiger charge is 2.15. The molecule has 5 heteroatoms. The van der Waals surface area contributed by atoms with Gasteiger partial charge in [0.2, 0.25) is 5.91 Å². The van der Waals surface area contributed by atoms with E-state index in [-0.39, 0.29) is 11.9 Å². The molecule has 12 heavy (non-hydrogen) atoms. The second-order valence-corrected chi connectivity index (χ2v) is 3.38. The molecular weight excluding hydrogens is 222 g/mol. The van der Waals surface area contributed by atoms with Gasteiger partial charge in [-0.15, -0.1) is 0 Å². The van der Waals surface area contributed by atoms with Crippen LogP contribution in [0.1, 0.15) is 19.4 Å². The second-order valence-electron chi connectivity index (χ2n) is 2.46. The molecule has 1 amide bonds. The maximum absolute atomic E-state index is 10.9. The molecule has 0 aromatic carbocycles. The third-order valence-corrected chi connectivity index (χ3v) is 2.01. The molecule has 4 nitrogen and oxygen atoms in total. The lowest BCUT2D eigenvalue weighted by Crippen LogP contribution is -2.26. The van der Waals surface area contributed by atoms with Crippen LogP contribution in [0.15, 0.2) is 16.9 Å². The van der Waals surface area contributed by atoms with E-state index in [0.29, 0.717) is 6.42 Å². The normalized spacial score (nSPS) is 12.8. The molecule has 1 aromatic rings. The second kappa shape index (κ2) is 3.71. The zero-order valence-electron chi connectivity index (χ0n) is 6.70. The van der Waals surface area contributed by atoms with Crippen LogP contribution in [0.4, 0.5) is 0 Å². The predicted molar refractivity (Wildman–Crippen MR) is 48.4 cm³/mol. The average Bonchev–Trinajstić information content (AvgIpc) is 2.37. The Kier molecular flexibility index (Phi) is 2.86. The third kappa shape index (κ3) is 1.85. The van der Waals surface area contributed by atoms with Crippen molar-refractivity contribution in [1.29, 1.82) is 0 Å². The van der Waals surface area contributed by atoms with Crippen LogP contribution in [0.5, 0.6) is 0 Å². The summed E-state index contributed by atoms with van der Waals surface area (Å²) in [5, 5.41) is 3.98. The summed E-state index contributed by atoms with van der Waals surface area (Å²) in [7, 11) is 0. The number of halogens is 1. The summed E-state index contributed by atoms with van der Waals surface area (Å²) >= 11 is 3.24. The molecular formula is C7H10BrN3O. The number of primary amides is 1. The van der Waals surface area contributed by atoms with Crippen LogP contribution in [0.25, 0.3) is 0 Å². The van der Waals surface area contributed by atoms with E-state index < -0.39 is 0 Å². The number of amides is 1. The SMILES string of the molecule is CCC(C(N)=O)n1cc(Br)cn1. The van der Waals surface area contributed by atoms with Crippen molar-refractivity contribution in [3.8, 4) is 0 Å². The maximum Gasteiger partial charge on any atom is 0.242 e. The van der Waals surface area contributed by atoms with Crippen LogP contribution in [0.3, 0.4) is 0 Å². The molecule has 0 saturated carbocycles. The minimum absolute atomic E-state index is 0.337. The summed E-state index contributed by atoms with van der Waals surface area (Å²) in [6, 6.07) is -0.337. The molecule has 0 saturated heterocycles. The van der Waals surface area contributed by atoms with Crippen molar-refractivity contribution in [2.24, 2.45) is 5.73 Å². The molecule has 1 atom stereocenters. The summed E-state index contributed by atoms with van der Waals surface area (Å²) in [5.74, 6) is -0.354. The van der Waals surface area contributed by atoms with Gasteiger partial charge in [0, 0.05) is 6.20 Å². The van der Waals surface area contributed by atoms with Crippen LogP contribution in [-0.2, 0) is 4.79 Å². The van der Waals surface area contributed by atoms with E-state index in [4.69, 9.17) is 5.73 Å². The van der Waals surface area contributed by atoms with Crippen molar-refractivity contribution in [1.82, 2.24) is 9.78 Å². The van der Waals surface area contributed by atoms with Gasteiger partial charge in [-0.2, -0.15) is 5.10 Å². The van der Waals surface area contributed by atoms with E-state index in [1.165, 1.54) is 0 Å². The minimum atomic E-state index is -0.354. The maximum atomic E-state index is 10.9. The van der Waals surface area contributed by atoms with Crippen molar-refractivity contribution >= 4 is 21.8 Å². The zero-order valence-corrected chi connectivity index (χ0v) is 8.28. The summed E-state index contributed by atoms with van der Waals surface area (Å²) < 4.78 is 2.41. The van der Waals surface area contributed by atoms with E-state index in [2.05, 4.69) is 21.0 Å². The summed E-state index contributed by atoms with van der Waals surface area (Å²) in [4.78, 5) is 10.9. The van der Waals surface area contributed by atoms with Crippen LogP contribution >= 0.6 is 15.9 Å². The van der Waals surface area contributed by atoms with Crippen molar-refractivity contribution < 1.29 is 4.79 Å². The first kappa shape index (κ1) is 9.25. The van der Waals surface area contributed by atoms with Crippen LogP contribution < -0.4 is 5.73 Å². The van der Waals surface area contributed by atoms with Gasteiger partial charge in [0.25, 0.3) is 0 Å². The van der Waals surface area contributed by atoms with E-state index in [1.54, 1.807) is 17.1 Å². The Labute approximate surface area is 78.9 Å². The lowest BCUT2D eigenvalue weighted by atomic mass is 10.2. The number of hydrogen-bond donors (Lipinski definition) is 1. The Hall–Kier alpha value is -0.840. The first-order valence-corrected chi connectivity index (χ1v) is 4.43. The molecule has 1 unspecified atom stereocenters. The standard InChI is InChI=1S/C7H10BrN3O/c1-2-6(7(9)12)11-4-5(8)3-10-11/h3-4,6H,2H2,1H3,(H2,9,12). The number of carbonyl (C=O) groups excluding carboxylic acids is 1. The fraction of sp³-hybridized carbons (Fsp3) is 0.429. The molecule has 1 aromatic heterocycles. The molecule has 0 aliphatic carbocycles. The van der Waals surface area contributed by atoms with Gasteiger partial charge in [-0.05, 0) is 22.4 Å². The van der Waals surface area contributed by atoms with Gasteiger partial charge in [0.15, 0.2) is 0 Å². The highest BCUT2D eigenvalue weighted by atomic mass is 79.9. The Morgan fingerprint density at radius 2 is 2.58 bits per heavy atom. The first-order valence-electron chi connectivity index (χ1n) is 3.64. The topological polar surface area (TPSA) is 60.9 Å². The third-order valence-electron chi connectivity index (χ3n) is 1.60. The Morgan fingerprint density at radius 1 is 1.92 bits per heavy atom. The first-order chi connectivity index (χ1) is 5.65. The molecule has 66 valence electrons. The van der Waals surface area contributed by atoms with Gasteiger partial charge in [-0.3, -0.25) is 9.48 Å². The molecule has 2 N–H and O–H groups in total. The number of rotatable bonds is 3. The van der Waals surface area contributed by atoms with E-state index >= 15 is 0 Å². The van der Waals surface area contributed by atoms with E-state index in [9.17, 15) is 4.79 Å². The number of carbonyl (C=O) groups is 1. The predicted octanol–water partition coefficient (Wildman–Crippen LogP) is 1.08. The summed E-state index contributed by atoms with van der Waals surface area (Å²) in [6.45, 7) is 1.89. The number of hydrogen-bond acceptors (Lipinski definition) is 2. The van der Waals surface area contributed by atoms with Crippen LogP contribution in [0.2, 0.25) is 0 Å². The van der Waals surface area contributed by atoms with Gasteiger partial charge >= 0.3 is 0 Å². The molecule has 0 radical (unpaired) electrons. The Bertz CT molecular complexity index is 284. The Morgan fingerprint density at radius 3 is 2.92 bits per heavy atom. The zero-order chi connectivity index (χ0) is 9.14. The average molecular weight is 232 g/mol. The van der Waals surface area contributed by atoms with Gasteiger partial charge in [-0.1, -0.05) is 6.92 Å². The minimum Gasteiger partial charge on any atom is -0.368 e. The van der Waals surface area contributed by atoms with Gasteiger partial charge in [-0.25, -0.2) is 0 Å². The van der Waals surface area contributed by atoms with Gasteiger partial charge in [0.05, 0.1) is 10.7 Å². The molecule has 0 aliphatic heterocycles. The number of nitrogens with zero attached hydrogens (tertiary/aromatic N) is 2. The smallest absolute Gasteiger partial charge is 0.242 e. The van der Waals surface area contributed by atoms with Crippen molar-refractivity contribution in [2.75, 3.05) is 0 Å². The quantitative estimate of drug-likeness (QED) is 0.847. The number of nitrogens with two attached hydrogens (primary N) is 1. The highest BCUT2D eigenvalue weighted by Crippen LogP contribution is 2.13. The molecule has 0 aliphatic rings. The monoisotopic (exact) mass is 231 g/mol. The number of aromatic nitrogens is 2. The van der Waals surface area contributed by atoms with E-state index in [0.717, 1.165) is 4.47 Å². The van der Waals surface area contributed by atoms with E-state index in [1.807, 2.05) is 6.92 Å². The summed E-state index contributed by atoms with van der Waals surface area (Å²) in [6.07, 6.45) is 4.02. The molecule has 0 fully saturated rings. The van der Waals surface area contributed by atoms with Crippen molar-refractivity contribution in [2.45, 2.75) is 19.4 Å². The largest absolute Gasteiger partial charge is 0.368 e. The molecule has 0 bridgehead atoms. The summed E-state index contributed by atoms with van der Waals surface area (Å²) in [5.41, 5.74) is 5.17. The van der Waals surface area contributed by atoms with Gasteiger partial charge < -0.3 is 5.73 Å². The van der Waals surface area contributed by atoms with Crippen LogP contribution in [-0.4, -0.2) is 15.7 Å². The lowest BCUT2D eigenvalue weighted by molar-refractivity contribution is -0.121. The molecule has 1 rings (SSSR count). The fourth-order valence-electron chi connectivity index (χ4n) is 1.00.